The van der Waals surface area contributed by atoms with Crippen LogP contribution >= 0.6 is 0 Å². The molecular weight excluding hydrogens is 247 g/mol. The standard InChI is InChI=1S/C13H21FN4O/c1-9-11(15)5-16-18(9)12-3-4-17(8-13(12,2)14)10-6-19-7-10/h5,10,12H,3-4,6-8,15H2,1-2H3. The summed E-state index contributed by atoms with van der Waals surface area (Å²) in [5.74, 6) is 0. The van der Waals surface area contributed by atoms with E-state index in [0.717, 1.165) is 31.9 Å². The lowest BCUT2D eigenvalue weighted by molar-refractivity contribution is -0.102. The van der Waals surface area contributed by atoms with Crippen molar-refractivity contribution in [3.05, 3.63) is 11.9 Å². The molecule has 3 rings (SSSR count). The lowest BCUT2D eigenvalue weighted by atomic mass is 9.89. The van der Waals surface area contributed by atoms with Crippen molar-refractivity contribution in [3.63, 3.8) is 0 Å². The number of nitrogens with zero attached hydrogens (tertiary/aromatic N) is 3. The Balaban J connectivity index is 1.78. The van der Waals surface area contributed by atoms with E-state index >= 15 is 0 Å². The van der Waals surface area contributed by atoms with Gasteiger partial charge in [-0.05, 0) is 20.3 Å². The van der Waals surface area contributed by atoms with Gasteiger partial charge < -0.3 is 10.5 Å². The molecule has 0 aromatic carbocycles. The Bertz CT molecular complexity index is 469. The number of likely N-dealkylation sites (tertiary alicyclic amines) is 1. The van der Waals surface area contributed by atoms with Crippen LogP contribution in [0, 0.1) is 6.92 Å². The van der Waals surface area contributed by atoms with Crippen molar-refractivity contribution in [2.45, 2.75) is 38.0 Å². The summed E-state index contributed by atoms with van der Waals surface area (Å²) in [7, 11) is 0. The van der Waals surface area contributed by atoms with E-state index in [2.05, 4.69) is 10.00 Å². The lowest BCUT2D eigenvalue weighted by Gasteiger charge is -2.46. The number of hydrogen-bond acceptors (Lipinski definition) is 4. The summed E-state index contributed by atoms with van der Waals surface area (Å²) in [6.07, 6.45) is 2.36. The minimum atomic E-state index is -1.29. The van der Waals surface area contributed by atoms with E-state index in [0.29, 0.717) is 18.3 Å². The van der Waals surface area contributed by atoms with Crippen molar-refractivity contribution in [1.29, 1.82) is 0 Å². The van der Waals surface area contributed by atoms with Crippen LogP contribution in [0.3, 0.4) is 0 Å². The lowest BCUT2D eigenvalue weighted by Crippen LogP contribution is -2.58. The van der Waals surface area contributed by atoms with Gasteiger partial charge >= 0.3 is 0 Å². The summed E-state index contributed by atoms with van der Waals surface area (Å²) in [5.41, 5.74) is 6.00. The van der Waals surface area contributed by atoms with Crippen LogP contribution in [0.15, 0.2) is 6.20 Å². The Hall–Kier alpha value is -1.14. The first-order valence-electron chi connectivity index (χ1n) is 6.79. The van der Waals surface area contributed by atoms with E-state index in [1.165, 1.54) is 0 Å². The quantitative estimate of drug-likeness (QED) is 0.874. The van der Waals surface area contributed by atoms with Crippen molar-refractivity contribution in [1.82, 2.24) is 14.7 Å². The fourth-order valence-corrected chi connectivity index (χ4v) is 3.04. The van der Waals surface area contributed by atoms with Crippen LogP contribution in [-0.2, 0) is 4.74 Å². The van der Waals surface area contributed by atoms with E-state index in [1.807, 2.05) is 6.92 Å². The predicted octanol–water partition coefficient (Wildman–Crippen LogP) is 1.15. The third kappa shape index (κ3) is 2.12. The molecule has 2 unspecified atom stereocenters. The summed E-state index contributed by atoms with van der Waals surface area (Å²) in [5, 5.41) is 4.25. The van der Waals surface area contributed by atoms with Gasteiger partial charge in [0.1, 0.15) is 5.67 Å². The average Bonchev–Trinajstić information content (AvgIpc) is 2.57. The molecule has 0 amide bonds. The van der Waals surface area contributed by atoms with Crippen LogP contribution in [0.5, 0.6) is 0 Å². The van der Waals surface area contributed by atoms with Crippen LogP contribution in [0.4, 0.5) is 10.1 Å². The molecule has 2 fully saturated rings. The number of hydrogen-bond donors (Lipinski definition) is 1. The number of ether oxygens (including phenoxy) is 1. The van der Waals surface area contributed by atoms with Gasteiger partial charge in [0.05, 0.1) is 42.9 Å². The van der Waals surface area contributed by atoms with Gasteiger partial charge in [-0.15, -0.1) is 0 Å². The average molecular weight is 268 g/mol. The van der Waals surface area contributed by atoms with Gasteiger partial charge in [0.25, 0.3) is 0 Å². The zero-order chi connectivity index (χ0) is 13.6. The third-order valence-electron chi connectivity index (χ3n) is 4.41. The third-order valence-corrected chi connectivity index (χ3v) is 4.41. The Morgan fingerprint density at radius 2 is 2.26 bits per heavy atom. The Morgan fingerprint density at radius 1 is 1.53 bits per heavy atom. The molecule has 6 heteroatoms. The predicted molar refractivity (Wildman–Crippen MR) is 70.7 cm³/mol. The molecule has 1 aromatic rings. The number of aromatic nitrogens is 2. The first-order chi connectivity index (χ1) is 8.99. The molecule has 2 N–H and O–H groups in total. The summed E-state index contributed by atoms with van der Waals surface area (Å²) < 4.78 is 21.9. The largest absolute Gasteiger partial charge is 0.396 e. The van der Waals surface area contributed by atoms with Crippen LogP contribution in [0.2, 0.25) is 0 Å². The highest BCUT2D eigenvalue weighted by Crippen LogP contribution is 2.37. The zero-order valence-corrected chi connectivity index (χ0v) is 11.5. The number of halogens is 1. The summed E-state index contributed by atoms with van der Waals surface area (Å²) >= 11 is 0. The summed E-state index contributed by atoms with van der Waals surface area (Å²) in [6.45, 7) is 6.34. The molecule has 5 nitrogen and oxygen atoms in total. The monoisotopic (exact) mass is 268 g/mol. The fourth-order valence-electron chi connectivity index (χ4n) is 3.04. The van der Waals surface area contributed by atoms with Crippen molar-refractivity contribution in [3.8, 4) is 0 Å². The van der Waals surface area contributed by atoms with Gasteiger partial charge in [-0.3, -0.25) is 9.58 Å². The highest BCUT2D eigenvalue weighted by Gasteiger charge is 2.44. The molecule has 2 atom stereocenters. The van der Waals surface area contributed by atoms with Gasteiger partial charge in [-0.25, -0.2) is 4.39 Å². The highest BCUT2D eigenvalue weighted by molar-refractivity contribution is 5.40. The molecule has 0 bridgehead atoms. The first-order valence-corrected chi connectivity index (χ1v) is 6.79. The van der Waals surface area contributed by atoms with Gasteiger partial charge in [-0.2, -0.15) is 5.10 Å². The maximum Gasteiger partial charge on any atom is 0.143 e. The molecule has 0 spiro atoms. The summed E-state index contributed by atoms with van der Waals surface area (Å²) in [6, 6.07) is 0.154. The number of alkyl halides is 1. The van der Waals surface area contributed by atoms with Crippen molar-refractivity contribution in [2.24, 2.45) is 0 Å². The minimum Gasteiger partial charge on any atom is -0.396 e. The van der Waals surface area contributed by atoms with Crippen LogP contribution in [-0.4, -0.2) is 52.7 Å². The number of anilines is 1. The molecule has 2 aliphatic rings. The fraction of sp³-hybridized carbons (Fsp3) is 0.769. The second-order valence-corrected chi connectivity index (χ2v) is 5.87. The van der Waals surface area contributed by atoms with Gasteiger partial charge in [0, 0.05) is 13.1 Å². The molecule has 0 aliphatic carbocycles. The first kappa shape index (κ1) is 12.9. The Labute approximate surface area is 112 Å². The molecule has 2 saturated heterocycles. The number of nitrogens with two attached hydrogens (primary N) is 1. The number of rotatable bonds is 2. The SMILES string of the molecule is Cc1c(N)cnn1C1CCN(C2COC2)CC1(C)F. The molecule has 106 valence electrons. The molecule has 1 aromatic heterocycles. The molecule has 3 heterocycles. The zero-order valence-electron chi connectivity index (χ0n) is 11.5. The number of piperidine rings is 1. The van der Waals surface area contributed by atoms with Crippen LogP contribution in [0.1, 0.15) is 25.1 Å². The van der Waals surface area contributed by atoms with E-state index < -0.39 is 5.67 Å². The Morgan fingerprint density at radius 3 is 2.74 bits per heavy atom. The van der Waals surface area contributed by atoms with E-state index in [1.54, 1.807) is 17.8 Å². The molecule has 2 aliphatic heterocycles. The van der Waals surface area contributed by atoms with Gasteiger partial charge in [0.15, 0.2) is 0 Å². The van der Waals surface area contributed by atoms with Crippen molar-refractivity contribution >= 4 is 5.69 Å². The van der Waals surface area contributed by atoms with Gasteiger partial charge in [-0.1, -0.05) is 0 Å². The maximum absolute atomic E-state index is 15.0. The molecule has 19 heavy (non-hydrogen) atoms. The molecule has 0 radical (unpaired) electrons. The molecule has 0 saturated carbocycles. The Kier molecular flexibility index (Phi) is 3.02. The normalized spacial score (nSPS) is 33.3. The second-order valence-electron chi connectivity index (χ2n) is 5.87. The smallest absolute Gasteiger partial charge is 0.143 e. The maximum atomic E-state index is 15.0. The van der Waals surface area contributed by atoms with Crippen LogP contribution < -0.4 is 5.73 Å². The van der Waals surface area contributed by atoms with Crippen molar-refractivity contribution in [2.75, 3.05) is 32.0 Å². The second kappa shape index (κ2) is 4.45. The number of nitrogen functional groups attached to an aromatic ring is 1. The van der Waals surface area contributed by atoms with Crippen LogP contribution in [0.25, 0.3) is 0 Å². The summed E-state index contributed by atoms with van der Waals surface area (Å²) in [4.78, 5) is 2.20. The highest BCUT2D eigenvalue weighted by atomic mass is 19.1. The van der Waals surface area contributed by atoms with E-state index in [9.17, 15) is 4.39 Å². The van der Waals surface area contributed by atoms with Gasteiger partial charge in [0.2, 0.25) is 0 Å². The molecular formula is C13H21FN4O. The topological polar surface area (TPSA) is 56.3 Å². The van der Waals surface area contributed by atoms with E-state index in [4.69, 9.17) is 10.5 Å². The van der Waals surface area contributed by atoms with E-state index in [-0.39, 0.29) is 6.04 Å². The van der Waals surface area contributed by atoms with Crippen molar-refractivity contribution < 1.29 is 9.13 Å². The minimum absolute atomic E-state index is 0.234.